The Morgan fingerprint density at radius 3 is 2.67 bits per heavy atom. The van der Waals surface area contributed by atoms with Gasteiger partial charge in [-0.05, 0) is 18.9 Å². The molecule has 0 saturated heterocycles. The zero-order valence-electron chi connectivity index (χ0n) is 8.14. The van der Waals surface area contributed by atoms with Gasteiger partial charge in [0.05, 0.1) is 0 Å². The third kappa shape index (κ3) is 2.67. The van der Waals surface area contributed by atoms with Gasteiger partial charge in [-0.15, -0.1) is 11.6 Å². The Balaban J connectivity index is 1.88. The molecule has 0 spiro atoms. The van der Waals surface area contributed by atoms with Gasteiger partial charge >= 0.3 is 0 Å². The Morgan fingerprint density at radius 1 is 1.33 bits per heavy atom. The van der Waals surface area contributed by atoms with Gasteiger partial charge in [-0.2, -0.15) is 0 Å². The molecule has 0 aliphatic heterocycles. The van der Waals surface area contributed by atoms with Crippen molar-refractivity contribution in [2.24, 2.45) is 0 Å². The zero-order valence-corrected chi connectivity index (χ0v) is 8.90. The van der Waals surface area contributed by atoms with Gasteiger partial charge in [-0.3, -0.25) is 0 Å². The van der Waals surface area contributed by atoms with Crippen LogP contribution in [-0.2, 0) is 6.54 Å². The number of benzene rings is 1. The topological polar surface area (TPSA) is 12.0 Å². The van der Waals surface area contributed by atoms with E-state index in [2.05, 4.69) is 5.32 Å². The summed E-state index contributed by atoms with van der Waals surface area (Å²) in [5.74, 6) is -1.04. The first-order chi connectivity index (χ1) is 7.15. The smallest absolute Gasteiger partial charge is 0.130 e. The minimum Gasteiger partial charge on any atom is -0.310 e. The minimum atomic E-state index is -0.541. The lowest BCUT2D eigenvalue weighted by molar-refractivity contribution is 0.343. The Kier molecular flexibility index (Phi) is 3.22. The van der Waals surface area contributed by atoms with E-state index >= 15 is 0 Å². The van der Waals surface area contributed by atoms with E-state index in [0.29, 0.717) is 18.2 Å². The molecule has 1 aromatic rings. The van der Waals surface area contributed by atoms with Crippen molar-refractivity contribution < 1.29 is 8.78 Å². The van der Waals surface area contributed by atoms with E-state index in [1.807, 2.05) is 0 Å². The standard InChI is InChI=1S/C11H12ClF2N/c12-8-3-10(4-8)15-6-7-1-2-9(13)5-11(7)14/h1-2,5,8,10,15H,3-4,6H2. The molecule has 1 fully saturated rings. The molecule has 1 N–H and O–H groups in total. The molecule has 0 atom stereocenters. The van der Waals surface area contributed by atoms with Crippen LogP contribution >= 0.6 is 11.6 Å². The van der Waals surface area contributed by atoms with Crippen LogP contribution in [0.3, 0.4) is 0 Å². The molecule has 0 heterocycles. The monoisotopic (exact) mass is 231 g/mol. The molecule has 4 heteroatoms. The summed E-state index contributed by atoms with van der Waals surface area (Å²) < 4.78 is 25.8. The Labute approximate surface area is 92.4 Å². The molecule has 0 amide bonds. The molecular weight excluding hydrogens is 220 g/mol. The Bertz CT molecular complexity index is 350. The molecule has 1 nitrogen and oxygen atoms in total. The van der Waals surface area contributed by atoms with Crippen LogP contribution in [0.15, 0.2) is 18.2 Å². The second kappa shape index (κ2) is 4.45. The van der Waals surface area contributed by atoms with E-state index in [1.54, 1.807) is 0 Å². The van der Waals surface area contributed by atoms with Crippen molar-refractivity contribution >= 4 is 11.6 Å². The van der Waals surface area contributed by atoms with Gasteiger partial charge in [0.1, 0.15) is 11.6 Å². The quantitative estimate of drug-likeness (QED) is 0.789. The fourth-order valence-corrected chi connectivity index (χ4v) is 2.06. The highest BCUT2D eigenvalue weighted by Gasteiger charge is 2.26. The molecule has 0 aromatic heterocycles. The third-order valence-electron chi connectivity index (χ3n) is 2.68. The average Bonchev–Trinajstić information content (AvgIpc) is 2.13. The highest BCUT2D eigenvalue weighted by atomic mass is 35.5. The molecule has 15 heavy (non-hydrogen) atoms. The molecule has 1 aliphatic rings. The summed E-state index contributed by atoms with van der Waals surface area (Å²) in [6.07, 6.45) is 1.84. The van der Waals surface area contributed by atoms with Gasteiger partial charge in [0.2, 0.25) is 0 Å². The highest BCUT2D eigenvalue weighted by Crippen LogP contribution is 2.25. The first kappa shape index (κ1) is 10.8. The SMILES string of the molecule is Fc1ccc(CNC2CC(Cl)C2)c(F)c1. The maximum absolute atomic E-state index is 13.2. The van der Waals surface area contributed by atoms with Crippen molar-refractivity contribution in [3.63, 3.8) is 0 Å². The lowest BCUT2D eigenvalue weighted by atomic mass is 9.92. The van der Waals surface area contributed by atoms with E-state index in [9.17, 15) is 8.78 Å². The second-order valence-electron chi connectivity index (χ2n) is 3.88. The van der Waals surface area contributed by atoms with E-state index < -0.39 is 11.6 Å². The van der Waals surface area contributed by atoms with Crippen LogP contribution < -0.4 is 5.32 Å². The molecule has 2 rings (SSSR count). The molecule has 0 radical (unpaired) electrons. The largest absolute Gasteiger partial charge is 0.310 e. The van der Waals surface area contributed by atoms with Crippen LogP contribution in [0.25, 0.3) is 0 Å². The summed E-state index contributed by atoms with van der Waals surface area (Å²) in [5, 5.41) is 3.43. The predicted octanol–water partition coefficient (Wildman–Crippen LogP) is 2.82. The van der Waals surface area contributed by atoms with Gasteiger partial charge in [-0.25, -0.2) is 8.78 Å². The van der Waals surface area contributed by atoms with Crippen molar-refractivity contribution in [3.8, 4) is 0 Å². The molecule has 1 aromatic carbocycles. The van der Waals surface area contributed by atoms with E-state index in [4.69, 9.17) is 11.6 Å². The fraction of sp³-hybridized carbons (Fsp3) is 0.455. The summed E-state index contributed by atoms with van der Waals surface area (Å²) >= 11 is 5.81. The highest BCUT2D eigenvalue weighted by molar-refractivity contribution is 6.21. The van der Waals surface area contributed by atoms with Crippen LogP contribution in [0.1, 0.15) is 18.4 Å². The minimum absolute atomic E-state index is 0.251. The van der Waals surface area contributed by atoms with Gasteiger partial charge in [0.15, 0.2) is 0 Å². The Morgan fingerprint density at radius 2 is 2.07 bits per heavy atom. The predicted molar refractivity (Wildman–Crippen MR) is 55.9 cm³/mol. The maximum Gasteiger partial charge on any atom is 0.130 e. The van der Waals surface area contributed by atoms with Crippen molar-refractivity contribution in [3.05, 3.63) is 35.4 Å². The van der Waals surface area contributed by atoms with E-state index in [-0.39, 0.29) is 5.38 Å². The van der Waals surface area contributed by atoms with Crippen LogP contribution in [0.5, 0.6) is 0 Å². The number of rotatable bonds is 3. The van der Waals surface area contributed by atoms with Crippen molar-refractivity contribution in [1.82, 2.24) is 5.32 Å². The molecule has 0 bridgehead atoms. The molecule has 1 aliphatic carbocycles. The van der Waals surface area contributed by atoms with Gasteiger partial charge in [0.25, 0.3) is 0 Å². The van der Waals surface area contributed by atoms with E-state index in [1.165, 1.54) is 12.1 Å². The molecule has 82 valence electrons. The summed E-state index contributed by atoms with van der Waals surface area (Å²) in [4.78, 5) is 0. The fourth-order valence-electron chi connectivity index (χ4n) is 1.63. The van der Waals surface area contributed by atoms with E-state index in [0.717, 1.165) is 18.9 Å². The molecule has 1 saturated carbocycles. The number of alkyl halides is 1. The lowest BCUT2D eigenvalue weighted by Gasteiger charge is -2.31. The van der Waals surface area contributed by atoms with Crippen LogP contribution in [0, 0.1) is 11.6 Å². The Hall–Kier alpha value is -0.670. The molecule has 0 unspecified atom stereocenters. The second-order valence-corrected chi connectivity index (χ2v) is 4.50. The van der Waals surface area contributed by atoms with Crippen LogP contribution in [0.2, 0.25) is 0 Å². The zero-order chi connectivity index (χ0) is 10.8. The summed E-state index contributed by atoms with van der Waals surface area (Å²) in [7, 11) is 0. The van der Waals surface area contributed by atoms with Crippen molar-refractivity contribution in [1.29, 1.82) is 0 Å². The van der Waals surface area contributed by atoms with Gasteiger partial charge < -0.3 is 5.32 Å². The number of halogens is 3. The first-order valence-electron chi connectivity index (χ1n) is 4.96. The van der Waals surface area contributed by atoms with Crippen molar-refractivity contribution in [2.75, 3.05) is 0 Å². The molecular formula is C11H12ClF2N. The van der Waals surface area contributed by atoms with Crippen LogP contribution in [-0.4, -0.2) is 11.4 Å². The summed E-state index contributed by atoms with van der Waals surface area (Å²) in [6, 6.07) is 4.01. The number of nitrogens with one attached hydrogen (secondary N) is 1. The van der Waals surface area contributed by atoms with Gasteiger partial charge in [-0.1, -0.05) is 6.07 Å². The average molecular weight is 232 g/mol. The lowest BCUT2D eigenvalue weighted by Crippen LogP contribution is -2.41. The summed E-state index contributed by atoms with van der Waals surface area (Å²) in [6.45, 7) is 0.431. The number of hydrogen-bond donors (Lipinski definition) is 1. The maximum atomic E-state index is 13.2. The third-order valence-corrected chi connectivity index (χ3v) is 3.03. The van der Waals surface area contributed by atoms with Crippen LogP contribution in [0.4, 0.5) is 8.78 Å². The van der Waals surface area contributed by atoms with Crippen molar-refractivity contribution in [2.45, 2.75) is 30.8 Å². The number of hydrogen-bond acceptors (Lipinski definition) is 1. The summed E-state index contributed by atoms with van der Waals surface area (Å²) in [5.41, 5.74) is 0.495. The van der Waals surface area contributed by atoms with Gasteiger partial charge in [0, 0.05) is 29.6 Å². The first-order valence-corrected chi connectivity index (χ1v) is 5.40. The normalized spacial score (nSPS) is 25.0.